The lowest BCUT2D eigenvalue weighted by atomic mass is 10.0. The van der Waals surface area contributed by atoms with Crippen molar-refractivity contribution < 1.29 is 18.0 Å². The van der Waals surface area contributed by atoms with Crippen LogP contribution in [0.25, 0.3) is 0 Å². The van der Waals surface area contributed by atoms with E-state index >= 15 is 0 Å². The van der Waals surface area contributed by atoms with Gasteiger partial charge in [0.1, 0.15) is 6.04 Å². The van der Waals surface area contributed by atoms with Crippen molar-refractivity contribution in [2.75, 3.05) is 18.6 Å². The monoisotopic (exact) mass is 290 g/mol. The Hall–Kier alpha value is -1.11. The quantitative estimate of drug-likeness (QED) is 0.727. The van der Waals surface area contributed by atoms with E-state index in [2.05, 4.69) is 10.6 Å². The molecule has 0 aromatic rings. The number of hydrogen-bond acceptors (Lipinski definition) is 4. The number of likely N-dealkylation sites (N-methyl/N-ethyl adjacent to an activating group) is 1. The second-order valence-corrected chi connectivity index (χ2v) is 7.63. The van der Waals surface area contributed by atoms with Crippen LogP contribution in [0.3, 0.4) is 0 Å². The molecule has 2 atom stereocenters. The summed E-state index contributed by atoms with van der Waals surface area (Å²) in [6, 6.07) is -0.596. The summed E-state index contributed by atoms with van der Waals surface area (Å²) in [5, 5.41) is 5.17. The fraction of sp³-hybridized carbons (Fsp3) is 0.833. The molecule has 0 aliphatic carbocycles. The SMILES string of the molecule is CNC(=O)[C@@H](CC(C)C)NC(=O)[C@H]1CCS(=O)(=O)C1. The standard InChI is InChI=1S/C12H22N2O4S/c1-8(2)6-10(12(16)13-3)14-11(15)9-4-5-19(17,18)7-9/h8-10H,4-7H2,1-3H3,(H,13,16)(H,14,15)/t9-,10+/m0/s1. The maximum Gasteiger partial charge on any atom is 0.242 e. The first-order valence-corrected chi connectivity index (χ1v) is 8.29. The molecular weight excluding hydrogens is 268 g/mol. The number of amides is 2. The molecule has 0 unspecified atom stereocenters. The van der Waals surface area contributed by atoms with Gasteiger partial charge in [0.25, 0.3) is 0 Å². The van der Waals surface area contributed by atoms with Gasteiger partial charge in [-0.2, -0.15) is 0 Å². The molecule has 0 aromatic carbocycles. The number of rotatable bonds is 5. The van der Waals surface area contributed by atoms with Crippen LogP contribution in [0.15, 0.2) is 0 Å². The molecule has 1 heterocycles. The highest BCUT2D eigenvalue weighted by atomic mass is 32.2. The van der Waals surface area contributed by atoms with E-state index in [1.165, 1.54) is 7.05 Å². The highest BCUT2D eigenvalue weighted by Gasteiger charge is 2.34. The lowest BCUT2D eigenvalue weighted by Gasteiger charge is -2.20. The zero-order valence-corrected chi connectivity index (χ0v) is 12.4. The molecule has 2 amide bonds. The average Bonchev–Trinajstić information content (AvgIpc) is 2.67. The van der Waals surface area contributed by atoms with Crippen LogP contribution in [-0.2, 0) is 19.4 Å². The Morgan fingerprint density at radius 3 is 2.37 bits per heavy atom. The Bertz CT molecular complexity index is 445. The van der Waals surface area contributed by atoms with Crippen LogP contribution in [-0.4, -0.2) is 44.8 Å². The van der Waals surface area contributed by atoms with E-state index in [0.29, 0.717) is 12.8 Å². The van der Waals surface area contributed by atoms with Crippen molar-refractivity contribution in [3.63, 3.8) is 0 Å². The summed E-state index contributed by atoms with van der Waals surface area (Å²) in [6.45, 7) is 3.92. The summed E-state index contributed by atoms with van der Waals surface area (Å²) < 4.78 is 22.7. The number of carbonyl (C=O) groups is 2. The molecule has 1 aliphatic rings. The third-order valence-electron chi connectivity index (χ3n) is 3.19. The zero-order chi connectivity index (χ0) is 14.6. The van der Waals surface area contributed by atoms with Gasteiger partial charge >= 0.3 is 0 Å². The molecule has 1 saturated heterocycles. The number of hydrogen-bond donors (Lipinski definition) is 2. The first kappa shape index (κ1) is 15.9. The molecule has 110 valence electrons. The Balaban J connectivity index is 2.64. The highest BCUT2D eigenvalue weighted by molar-refractivity contribution is 7.91. The lowest BCUT2D eigenvalue weighted by molar-refractivity contribution is -0.130. The summed E-state index contributed by atoms with van der Waals surface area (Å²) in [6.07, 6.45) is 0.876. The molecule has 1 rings (SSSR count). The summed E-state index contributed by atoms with van der Waals surface area (Å²) in [7, 11) is -1.57. The molecule has 2 N–H and O–H groups in total. The third kappa shape index (κ3) is 4.81. The van der Waals surface area contributed by atoms with Crippen LogP contribution >= 0.6 is 0 Å². The van der Waals surface area contributed by atoms with Gasteiger partial charge < -0.3 is 10.6 Å². The largest absolute Gasteiger partial charge is 0.357 e. The van der Waals surface area contributed by atoms with Crippen molar-refractivity contribution in [3.8, 4) is 0 Å². The maximum absolute atomic E-state index is 12.0. The first-order valence-electron chi connectivity index (χ1n) is 6.47. The molecule has 0 radical (unpaired) electrons. The smallest absolute Gasteiger partial charge is 0.242 e. The Labute approximate surface area is 114 Å². The second kappa shape index (κ2) is 6.36. The lowest BCUT2D eigenvalue weighted by Crippen LogP contribution is -2.48. The average molecular weight is 290 g/mol. The minimum Gasteiger partial charge on any atom is -0.357 e. The van der Waals surface area contributed by atoms with E-state index in [1.54, 1.807) is 0 Å². The van der Waals surface area contributed by atoms with Crippen molar-refractivity contribution in [2.45, 2.75) is 32.7 Å². The Morgan fingerprint density at radius 2 is 1.95 bits per heavy atom. The van der Waals surface area contributed by atoms with Crippen molar-refractivity contribution in [2.24, 2.45) is 11.8 Å². The van der Waals surface area contributed by atoms with Gasteiger partial charge in [0.15, 0.2) is 9.84 Å². The van der Waals surface area contributed by atoms with Crippen LogP contribution in [0.4, 0.5) is 0 Å². The molecule has 1 fully saturated rings. The number of sulfone groups is 1. The van der Waals surface area contributed by atoms with E-state index in [4.69, 9.17) is 0 Å². The van der Waals surface area contributed by atoms with Crippen LogP contribution in [0.1, 0.15) is 26.7 Å². The van der Waals surface area contributed by atoms with Crippen LogP contribution < -0.4 is 10.6 Å². The summed E-state index contributed by atoms with van der Waals surface area (Å²) in [5.74, 6) is -0.904. The van der Waals surface area contributed by atoms with E-state index in [-0.39, 0.29) is 29.2 Å². The molecule has 6 nitrogen and oxygen atoms in total. The minimum absolute atomic E-state index is 0.0555. The normalized spacial score (nSPS) is 23.1. The molecule has 7 heteroatoms. The molecule has 0 spiro atoms. The zero-order valence-electron chi connectivity index (χ0n) is 11.6. The summed E-state index contributed by atoms with van der Waals surface area (Å²) >= 11 is 0. The Kier molecular flexibility index (Phi) is 5.34. The van der Waals surface area contributed by atoms with Crippen molar-refractivity contribution in [1.82, 2.24) is 10.6 Å². The first-order chi connectivity index (χ1) is 8.75. The Morgan fingerprint density at radius 1 is 1.32 bits per heavy atom. The van der Waals surface area contributed by atoms with Crippen LogP contribution in [0.2, 0.25) is 0 Å². The van der Waals surface area contributed by atoms with Gasteiger partial charge in [-0.1, -0.05) is 13.8 Å². The molecule has 19 heavy (non-hydrogen) atoms. The third-order valence-corrected chi connectivity index (χ3v) is 4.96. The fourth-order valence-electron chi connectivity index (χ4n) is 2.17. The van der Waals surface area contributed by atoms with Gasteiger partial charge in [-0.15, -0.1) is 0 Å². The fourth-order valence-corrected chi connectivity index (χ4v) is 3.91. The van der Waals surface area contributed by atoms with Gasteiger partial charge in [-0.25, -0.2) is 8.42 Å². The van der Waals surface area contributed by atoms with E-state index in [9.17, 15) is 18.0 Å². The van der Waals surface area contributed by atoms with Gasteiger partial charge in [0, 0.05) is 7.05 Å². The number of nitrogens with one attached hydrogen (secondary N) is 2. The van der Waals surface area contributed by atoms with E-state index in [0.717, 1.165) is 0 Å². The van der Waals surface area contributed by atoms with Gasteiger partial charge in [-0.05, 0) is 18.8 Å². The van der Waals surface area contributed by atoms with Gasteiger partial charge in [-0.3, -0.25) is 9.59 Å². The predicted octanol–water partition coefficient (Wildman–Crippen LogP) is -0.302. The molecule has 0 aromatic heterocycles. The van der Waals surface area contributed by atoms with E-state index in [1.807, 2.05) is 13.8 Å². The topological polar surface area (TPSA) is 92.3 Å². The number of carbonyl (C=O) groups excluding carboxylic acids is 2. The van der Waals surface area contributed by atoms with Crippen molar-refractivity contribution >= 4 is 21.7 Å². The van der Waals surface area contributed by atoms with E-state index < -0.39 is 21.8 Å². The summed E-state index contributed by atoms with van der Waals surface area (Å²) in [4.78, 5) is 23.7. The second-order valence-electron chi connectivity index (χ2n) is 5.40. The molecule has 0 bridgehead atoms. The highest BCUT2D eigenvalue weighted by Crippen LogP contribution is 2.19. The van der Waals surface area contributed by atoms with Gasteiger partial charge in [0.2, 0.25) is 11.8 Å². The van der Waals surface area contributed by atoms with Crippen molar-refractivity contribution in [1.29, 1.82) is 0 Å². The van der Waals surface area contributed by atoms with Gasteiger partial charge in [0.05, 0.1) is 17.4 Å². The molecular formula is C12H22N2O4S. The van der Waals surface area contributed by atoms with Crippen LogP contribution in [0.5, 0.6) is 0 Å². The van der Waals surface area contributed by atoms with Crippen LogP contribution in [0, 0.1) is 11.8 Å². The minimum atomic E-state index is -3.09. The maximum atomic E-state index is 12.0. The summed E-state index contributed by atoms with van der Waals surface area (Å²) in [5.41, 5.74) is 0. The van der Waals surface area contributed by atoms with Crippen molar-refractivity contribution in [3.05, 3.63) is 0 Å². The molecule has 1 aliphatic heterocycles. The predicted molar refractivity (Wildman–Crippen MR) is 72.2 cm³/mol. The molecule has 0 saturated carbocycles.